The maximum absolute atomic E-state index is 13.6. The van der Waals surface area contributed by atoms with Crippen LogP contribution in [0.15, 0.2) is 71.6 Å². The third kappa shape index (κ3) is 4.64. The highest BCUT2D eigenvalue weighted by molar-refractivity contribution is 7.92. The van der Waals surface area contributed by atoms with Crippen LogP contribution in [0.3, 0.4) is 0 Å². The number of benzene rings is 3. The predicted molar refractivity (Wildman–Crippen MR) is 132 cm³/mol. The van der Waals surface area contributed by atoms with Crippen LogP contribution in [0, 0.1) is 6.92 Å². The fourth-order valence-electron chi connectivity index (χ4n) is 4.09. The maximum Gasteiger partial charge on any atom is 0.264 e. The second kappa shape index (κ2) is 9.62. The first-order valence-corrected chi connectivity index (χ1v) is 12.9. The van der Waals surface area contributed by atoms with Crippen molar-refractivity contribution in [1.29, 1.82) is 0 Å². The minimum absolute atomic E-state index is 0.0855. The molecular weight excluding hydrogens is 484 g/mol. The zero-order valence-corrected chi connectivity index (χ0v) is 20.7. The van der Waals surface area contributed by atoms with E-state index in [1.807, 2.05) is 25.1 Å². The summed E-state index contributed by atoms with van der Waals surface area (Å²) in [6.07, 6.45) is -1.44. The molecule has 188 valence electrons. The Morgan fingerprint density at radius 3 is 2.53 bits per heavy atom. The summed E-state index contributed by atoms with van der Waals surface area (Å²) in [5.74, 6) is 1.69. The van der Waals surface area contributed by atoms with Crippen LogP contribution in [-0.4, -0.2) is 53.3 Å². The number of hydrogen-bond acceptors (Lipinski definition) is 7. The summed E-state index contributed by atoms with van der Waals surface area (Å²) < 4.78 is 51.1. The van der Waals surface area contributed by atoms with Gasteiger partial charge in [0.05, 0.1) is 30.8 Å². The first kappa shape index (κ1) is 23.8. The number of nitrogens with zero attached hydrogens (tertiary/aromatic N) is 1. The van der Waals surface area contributed by atoms with Crippen LogP contribution in [0.4, 0.5) is 5.69 Å². The standard InChI is InChI=1S/C26H26N2O7S/c1-17-7-12-21-24(13-17)35-25(15-28(21)36(30,31)20-10-8-18(32-2)9-11-20)26(29)27-14-19-16-33-22-5-3-4-6-23(22)34-19/h3-13,19,25H,14-16H2,1-2H3,(H,27,29)/t19-,25-/m0/s1. The number of nitrogens with one attached hydrogen (secondary N) is 1. The second-order valence-corrected chi connectivity index (χ2v) is 10.4. The number of sulfonamides is 1. The molecule has 2 atom stereocenters. The van der Waals surface area contributed by atoms with Crippen LogP contribution in [0.5, 0.6) is 23.0 Å². The number of carbonyl (C=O) groups excluding carboxylic acids is 1. The zero-order valence-electron chi connectivity index (χ0n) is 19.8. The number of ether oxygens (including phenoxy) is 4. The van der Waals surface area contributed by atoms with Gasteiger partial charge in [-0.2, -0.15) is 0 Å². The smallest absolute Gasteiger partial charge is 0.264 e. The lowest BCUT2D eigenvalue weighted by Crippen LogP contribution is -2.52. The van der Waals surface area contributed by atoms with E-state index in [4.69, 9.17) is 18.9 Å². The molecule has 0 bridgehead atoms. The topological polar surface area (TPSA) is 103 Å². The number of anilines is 1. The Labute approximate surface area is 209 Å². The summed E-state index contributed by atoms with van der Waals surface area (Å²) in [5.41, 5.74) is 1.25. The van der Waals surface area contributed by atoms with Crippen molar-refractivity contribution < 1.29 is 32.2 Å². The Balaban J connectivity index is 1.34. The summed E-state index contributed by atoms with van der Waals surface area (Å²) >= 11 is 0. The van der Waals surface area contributed by atoms with E-state index in [-0.39, 0.29) is 30.7 Å². The molecular formula is C26H26N2O7S. The minimum Gasteiger partial charge on any atom is -0.497 e. The molecule has 5 rings (SSSR count). The number of aryl methyl sites for hydroxylation is 1. The molecule has 0 aromatic heterocycles. The lowest BCUT2D eigenvalue weighted by Gasteiger charge is -2.35. The summed E-state index contributed by atoms with van der Waals surface area (Å²) in [4.78, 5) is 13.2. The Hall–Kier alpha value is -3.92. The molecule has 1 amide bonds. The van der Waals surface area contributed by atoms with Gasteiger partial charge in [0, 0.05) is 0 Å². The van der Waals surface area contributed by atoms with E-state index in [1.165, 1.54) is 23.5 Å². The molecule has 0 saturated heterocycles. The first-order chi connectivity index (χ1) is 17.3. The van der Waals surface area contributed by atoms with Gasteiger partial charge in [-0.05, 0) is 61.0 Å². The number of para-hydroxylation sites is 2. The van der Waals surface area contributed by atoms with E-state index in [2.05, 4.69) is 5.32 Å². The van der Waals surface area contributed by atoms with Crippen LogP contribution < -0.4 is 28.6 Å². The Kier molecular flexibility index (Phi) is 6.36. The van der Waals surface area contributed by atoms with Crippen molar-refractivity contribution in [1.82, 2.24) is 5.32 Å². The minimum atomic E-state index is -3.98. The number of hydrogen-bond donors (Lipinski definition) is 1. The molecule has 0 saturated carbocycles. The third-order valence-electron chi connectivity index (χ3n) is 6.00. The molecule has 9 nitrogen and oxygen atoms in total. The molecule has 36 heavy (non-hydrogen) atoms. The average Bonchev–Trinajstić information content (AvgIpc) is 2.90. The summed E-state index contributed by atoms with van der Waals surface area (Å²) in [6.45, 7) is 2.15. The lowest BCUT2D eigenvalue weighted by molar-refractivity contribution is -0.128. The molecule has 0 spiro atoms. The molecule has 3 aromatic rings. The molecule has 10 heteroatoms. The highest BCUT2D eigenvalue weighted by atomic mass is 32.2. The van der Waals surface area contributed by atoms with Gasteiger partial charge in [-0.1, -0.05) is 18.2 Å². The lowest BCUT2D eigenvalue weighted by atomic mass is 10.1. The van der Waals surface area contributed by atoms with E-state index in [1.54, 1.807) is 36.4 Å². The van der Waals surface area contributed by atoms with Gasteiger partial charge in [0.2, 0.25) is 0 Å². The SMILES string of the molecule is COc1ccc(S(=O)(=O)N2C[C@@H](C(=O)NC[C@H]3COc4ccccc4O3)Oc3cc(C)ccc32)cc1. The monoisotopic (exact) mass is 510 g/mol. The fraction of sp³-hybridized carbons (Fsp3) is 0.269. The van der Waals surface area contributed by atoms with Gasteiger partial charge in [0.1, 0.15) is 24.2 Å². The van der Waals surface area contributed by atoms with E-state index in [0.29, 0.717) is 28.7 Å². The molecule has 1 N–H and O–H groups in total. The largest absolute Gasteiger partial charge is 0.497 e. The van der Waals surface area contributed by atoms with Crippen LogP contribution in [-0.2, 0) is 14.8 Å². The Bertz CT molecular complexity index is 1380. The van der Waals surface area contributed by atoms with Crippen molar-refractivity contribution >= 4 is 21.6 Å². The molecule has 0 unspecified atom stereocenters. The number of rotatable bonds is 6. The third-order valence-corrected chi connectivity index (χ3v) is 7.79. The van der Waals surface area contributed by atoms with E-state index < -0.39 is 22.0 Å². The van der Waals surface area contributed by atoms with Crippen molar-refractivity contribution in [3.05, 3.63) is 72.3 Å². The quantitative estimate of drug-likeness (QED) is 0.544. The first-order valence-electron chi connectivity index (χ1n) is 11.5. The second-order valence-electron chi connectivity index (χ2n) is 8.53. The van der Waals surface area contributed by atoms with Crippen LogP contribution in [0.2, 0.25) is 0 Å². The van der Waals surface area contributed by atoms with Gasteiger partial charge in [0.25, 0.3) is 15.9 Å². The van der Waals surface area contributed by atoms with Crippen LogP contribution in [0.25, 0.3) is 0 Å². The van der Waals surface area contributed by atoms with E-state index in [9.17, 15) is 13.2 Å². The zero-order chi connectivity index (χ0) is 25.3. The highest BCUT2D eigenvalue weighted by Gasteiger charge is 2.38. The normalized spacial score (nSPS) is 18.6. The van der Waals surface area contributed by atoms with Crippen LogP contribution in [0.1, 0.15) is 5.56 Å². The van der Waals surface area contributed by atoms with E-state index in [0.717, 1.165) is 5.56 Å². The summed E-state index contributed by atoms with van der Waals surface area (Å²) in [7, 11) is -2.47. The molecule has 0 aliphatic carbocycles. The van der Waals surface area contributed by atoms with Gasteiger partial charge < -0.3 is 24.3 Å². The van der Waals surface area contributed by atoms with Gasteiger partial charge in [0.15, 0.2) is 17.6 Å². The summed E-state index contributed by atoms with van der Waals surface area (Å²) in [6, 6.07) is 18.6. The predicted octanol–water partition coefficient (Wildman–Crippen LogP) is 2.92. The fourth-order valence-corrected chi connectivity index (χ4v) is 5.57. The van der Waals surface area contributed by atoms with Crippen molar-refractivity contribution in [2.24, 2.45) is 0 Å². The number of methoxy groups -OCH3 is 1. The molecule has 3 aromatic carbocycles. The van der Waals surface area contributed by atoms with Gasteiger partial charge in [-0.15, -0.1) is 0 Å². The molecule has 2 aliphatic heterocycles. The molecule has 0 radical (unpaired) electrons. The van der Waals surface area contributed by atoms with Crippen molar-refractivity contribution in [3.8, 4) is 23.0 Å². The average molecular weight is 511 g/mol. The van der Waals surface area contributed by atoms with Gasteiger partial charge in [-0.25, -0.2) is 8.42 Å². The highest BCUT2D eigenvalue weighted by Crippen LogP contribution is 2.38. The van der Waals surface area contributed by atoms with Gasteiger partial charge in [-0.3, -0.25) is 9.10 Å². The van der Waals surface area contributed by atoms with Crippen molar-refractivity contribution in [3.63, 3.8) is 0 Å². The molecule has 2 heterocycles. The number of amides is 1. The van der Waals surface area contributed by atoms with E-state index >= 15 is 0 Å². The Morgan fingerprint density at radius 2 is 1.78 bits per heavy atom. The number of carbonyl (C=O) groups is 1. The summed E-state index contributed by atoms with van der Waals surface area (Å²) in [5, 5.41) is 2.82. The molecule has 0 fully saturated rings. The maximum atomic E-state index is 13.6. The molecule has 2 aliphatic rings. The van der Waals surface area contributed by atoms with Crippen molar-refractivity contribution in [2.45, 2.75) is 24.0 Å². The Morgan fingerprint density at radius 1 is 1.03 bits per heavy atom. The van der Waals surface area contributed by atoms with Crippen LogP contribution >= 0.6 is 0 Å². The van der Waals surface area contributed by atoms with Gasteiger partial charge >= 0.3 is 0 Å². The number of fused-ring (bicyclic) bond motifs is 2. The van der Waals surface area contributed by atoms with Crippen molar-refractivity contribution in [2.75, 3.05) is 31.1 Å².